The number of benzene rings is 3. The fraction of sp³-hybridized carbons (Fsp3) is 0.296. The number of nitrogens with zero attached hydrogens (tertiary/aromatic N) is 2. The van der Waals surface area contributed by atoms with Gasteiger partial charge in [-0.05, 0) is 67.9 Å². The Hall–Kier alpha value is -3.36. The van der Waals surface area contributed by atoms with E-state index in [-0.39, 0.29) is 30.5 Å². The monoisotopic (exact) mass is 494 g/mol. The summed E-state index contributed by atoms with van der Waals surface area (Å²) in [5, 5.41) is 0. The Morgan fingerprint density at radius 1 is 1.06 bits per heavy atom. The molecule has 3 aromatic rings. The number of hydrogen-bond acceptors (Lipinski definition) is 5. The van der Waals surface area contributed by atoms with Crippen LogP contribution < -0.4 is 14.4 Å². The second-order valence-corrected chi connectivity index (χ2v) is 10.4. The van der Waals surface area contributed by atoms with Crippen molar-refractivity contribution in [2.45, 2.75) is 38.8 Å². The Balaban J connectivity index is 1.58. The number of carbonyl (C=O) groups is 1. The molecule has 0 saturated heterocycles. The molecule has 0 spiro atoms. The molecule has 35 heavy (non-hydrogen) atoms. The van der Waals surface area contributed by atoms with Gasteiger partial charge in [-0.3, -0.25) is 4.79 Å². The van der Waals surface area contributed by atoms with Crippen molar-refractivity contribution >= 4 is 21.6 Å². The molecule has 0 aromatic heterocycles. The lowest BCUT2D eigenvalue weighted by Gasteiger charge is -2.23. The fourth-order valence-electron chi connectivity index (χ4n) is 4.04. The van der Waals surface area contributed by atoms with Gasteiger partial charge in [-0.25, -0.2) is 8.42 Å². The van der Waals surface area contributed by atoms with Gasteiger partial charge in [0.1, 0.15) is 18.1 Å². The molecule has 0 fully saturated rings. The minimum Gasteiger partial charge on any atom is -0.494 e. The van der Waals surface area contributed by atoms with Gasteiger partial charge in [0.15, 0.2) is 0 Å². The first-order valence-electron chi connectivity index (χ1n) is 11.6. The predicted octanol–water partition coefficient (Wildman–Crippen LogP) is 4.53. The average molecular weight is 495 g/mol. The molecule has 0 unspecified atom stereocenters. The molecule has 1 heterocycles. The number of sulfonamides is 1. The van der Waals surface area contributed by atoms with Gasteiger partial charge in [0, 0.05) is 31.3 Å². The van der Waals surface area contributed by atoms with Crippen LogP contribution in [-0.4, -0.2) is 38.4 Å². The lowest BCUT2D eigenvalue weighted by Crippen LogP contribution is -2.32. The van der Waals surface area contributed by atoms with E-state index in [0.29, 0.717) is 24.7 Å². The maximum Gasteiger partial charge on any atom is 0.243 e. The summed E-state index contributed by atoms with van der Waals surface area (Å²) in [7, 11) is -3.72. The van der Waals surface area contributed by atoms with Gasteiger partial charge < -0.3 is 14.4 Å². The molecular weight excluding hydrogens is 464 g/mol. The Kier molecular flexibility index (Phi) is 7.42. The number of ether oxygens (including phenoxy) is 2. The zero-order valence-corrected chi connectivity index (χ0v) is 21.0. The summed E-state index contributed by atoms with van der Waals surface area (Å²) in [5.74, 6) is 1.21. The highest BCUT2D eigenvalue weighted by atomic mass is 32.2. The number of carbonyl (C=O) groups excluding carboxylic acids is 1. The molecule has 0 radical (unpaired) electrons. The van der Waals surface area contributed by atoms with Crippen LogP contribution in [0.5, 0.6) is 11.5 Å². The van der Waals surface area contributed by atoms with E-state index in [9.17, 15) is 13.2 Å². The Morgan fingerprint density at radius 2 is 1.77 bits per heavy atom. The zero-order valence-electron chi connectivity index (χ0n) is 20.2. The third kappa shape index (κ3) is 5.66. The summed E-state index contributed by atoms with van der Waals surface area (Å²) in [6, 6.07) is 19.9. The fourth-order valence-corrected chi connectivity index (χ4v) is 5.44. The summed E-state index contributed by atoms with van der Waals surface area (Å²) in [6.07, 6.45) is 0. The van der Waals surface area contributed by atoms with E-state index in [1.807, 2.05) is 56.3 Å². The standard InChI is InChI=1S/C27H30N2O5S/c1-4-33-25-10-12-26(13-11-25)35(31,32)28-15-16-34-27-14-7-22(17-23(27)19-28)18-29(21(3)30)24-8-5-20(2)6-9-24/h5-14,17H,4,15-16,18-19H2,1-3H3. The Labute approximate surface area is 206 Å². The smallest absolute Gasteiger partial charge is 0.243 e. The summed E-state index contributed by atoms with van der Waals surface area (Å²) >= 11 is 0. The second-order valence-electron chi connectivity index (χ2n) is 8.47. The Morgan fingerprint density at radius 3 is 2.43 bits per heavy atom. The van der Waals surface area contributed by atoms with Crippen molar-refractivity contribution in [3.05, 3.63) is 83.4 Å². The highest BCUT2D eigenvalue weighted by Gasteiger charge is 2.28. The molecule has 0 N–H and O–H groups in total. The minimum absolute atomic E-state index is 0.0697. The number of fused-ring (bicyclic) bond motifs is 1. The number of rotatable bonds is 7. The van der Waals surface area contributed by atoms with Crippen LogP contribution in [0.15, 0.2) is 71.6 Å². The number of amides is 1. The maximum absolute atomic E-state index is 13.4. The number of anilines is 1. The third-order valence-electron chi connectivity index (χ3n) is 5.91. The van der Waals surface area contributed by atoms with E-state index < -0.39 is 10.0 Å². The average Bonchev–Trinajstić information content (AvgIpc) is 3.06. The molecule has 4 rings (SSSR count). The normalized spacial score (nSPS) is 13.9. The molecule has 8 heteroatoms. The first kappa shape index (κ1) is 24.8. The van der Waals surface area contributed by atoms with Crippen LogP contribution in [0.25, 0.3) is 0 Å². The molecule has 0 saturated carbocycles. The number of aryl methyl sites for hydroxylation is 1. The van der Waals surface area contributed by atoms with Gasteiger partial charge in [-0.2, -0.15) is 4.31 Å². The van der Waals surface area contributed by atoms with Crippen molar-refractivity contribution in [1.82, 2.24) is 4.31 Å². The minimum atomic E-state index is -3.72. The van der Waals surface area contributed by atoms with Crippen LogP contribution in [0.1, 0.15) is 30.5 Å². The maximum atomic E-state index is 13.4. The molecule has 1 aliphatic heterocycles. The van der Waals surface area contributed by atoms with Crippen LogP contribution in [0.4, 0.5) is 5.69 Å². The van der Waals surface area contributed by atoms with Crippen LogP contribution in [0.2, 0.25) is 0 Å². The summed E-state index contributed by atoms with van der Waals surface area (Å²) in [5.41, 5.74) is 3.59. The first-order valence-corrected chi connectivity index (χ1v) is 13.0. The van der Waals surface area contributed by atoms with Gasteiger partial charge in [0.05, 0.1) is 18.0 Å². The largest absolute Gasteiger partial charge is 0.494 e. The van der Waals surface area contributed by atoms with Crippen molar-refractivity contribution < 1.29 is 22.7 Å². The van der Waals surface area contributed by atoms with Gasteiger partial charge >= 0.3 is 0 Å². The van der Waals surface area contributed by atoms with Crippen LogP contribution in [-0.2, 0) is 27.9 Å². The molecule has 0 atom stereocenters. The highest BCUT2D eigenvalue weighted by Crippen LogP contribution is 2.29. The molecule has 0 aliphatic carbocycles. The molecular formula is C27H30N2O5S. The summed E-state index contributed by atoms with van der Waals surface area (Å²) in [6.45, 7) is 6.98. The molecule has 0 bridgehead atoms. The molecule has 7 nitrogen and oxygen atoms in total. The van der Waals surface area contributed by atoms with Crippen molar-refractivity contribution in [2.75, 3.05) is 24.7 Å². The summed E-state index contributed by atoms with van der Waals surface area (Å²) < 4.78 is 39.4. The van der Waals surface area contributed by atoms with E-state index in [1.54, 1.807) is 29.2 Å². The van der Waals surface area contributed by atoms with Gasteiger partial charge in [-0.15, -0.1) is 0 Å². The van der Waals surface area contributed by atoms with Crippen molar-refractivity contribution in [1.29, 1.82) is 0 Å². The first-order chi connectivity index (χ1) is 16.8. The Bertz CT molecular complexity index is 1290. The van der Waals surface area contributed by atoms with E-state index >= 15 is 0 Å². The third-order valence-corrected chi connectivity index (χ3v) is 7.77. The molecule has 184 valence electrons. The quantitative estimate of drug-likeness (QED) is 0.482. The molecule has 1 aliphatic rings. The van der Waals surface area contributed by atoms with Crippen molar-refractivity contribution in [3.8, 4) is 11.5 Å². The van der Waals surface area contributed by atoms with Crippen LogP contribution in [0.3, 0.4) is 0 Å². The van der Waals surface area contributed by atoms with Crippen LogP contribution in [0, 0.1) is 6.92 Å². The zero-order chi connectivity index (χ0) is 25.0. The van der Waals surface area contributed by atoms with Crippen LogP contribution >= 0.6 is 0 Å². The molecule has 3 aromatic carbocycles. The van der Waals surface area contributed by atoms with Gasteiger partial charge in [0.2, 0.25) is 15.9 Å². The van der Waals surface area contributed by atoms with Crippen molar-refractivity contribution in [2.24, 2.45) is 0 Å². The molecule has 1 amide bonds. The van der Waals surface area contributed by atoms with E-state index in [0.717, 1.165) is 22.4 Å². The van der Waals surface area contributed by atoms with Gasteiger partial charge in [0.25, 0.3) is 0 Å². The second kappa shape index (κ2) is 10.5. The number of hydrogen-bond donors (Lipinski definition) is 0. The van der Waals surface area contributed by atoms with Gasteiger partial charge in [-0.1, -0.05) is 23.8 Å². The van der Waals surface area contributed by atoms with E-state index in [2.05, 4.69) is 0 Å². The topological polar surface area (TPSA) is 76.2 Å². The highest BCUT2D eigenvalue weighted by molar-refractivity contribution is 7.89. The summed E-state index contributed by atoms with van der Waals surface area (Å²) in [4.78, 5) is 14.3. The van der Waals surface area contributed by atoms with Crippen molar-refractivity contribution in [3.63, 3.8) is 0 Å². The lowest BCUT2D eigenvalue weighted by molar-refractivity contribution is -0.116. The van der Waals surface area contributed by atoms with E-state index in [1.165, 1.54) is 11.2 Å². The lowest BCUT2D eigenvalue weighted by atomic mass is 10.1. The van der Waals surface area contributed by atoms with E-state index in [4.69, 9.17) is 9.47 Å². The SMILES string of the molecule is CCOc1ccc(S(=O)(=O)N2CCOc3ccc(CN(C(C)=O)c4ccc(C)cc4)cc3C2)cc1. The predicted molar refractivity (Wildman–Crippen MR) is 135 cm³/mol.